The van der Waals surface area contributed by atoms with E-state index < -0.39 is 29.4 Å². The van der Waals surface area contributed by atoms with E-state index in [1.54, 1.807) is 32.0 Å². The maximum absolute atomic E-state index is 15.3. The summed E-state index contributed by atoms with van der Waals surface area (Å²) in [5.74, 6) is -1.59. The normalized spacial score (nSPS) is 17.9. The third-order valence-electron chi connectivity index (χ3n) is 6.25. The fourth-order valence-corrected chi connectivity index (χ4v) is 4.50. The van der Waals surface area contributed by atoms with Crippen LogP contribution in [-0.2, 0) is 11.3 Å². The standard InChI is InChI=1S/C27H31FN2O7.BrH/c1-6-34-19-11-15-12-30(25(29)20(15)21(28)22(19)35-7-2)13-16(31)14-8-9-17-18(10-14)36-23(26(32)33)24(37-17)27(3,4)5;/h8-11,23-24,29H,6-7,12-13H2,1-5H3,(H,32,33);1H. The molecule has 2 aromatic carbocycles. The van der Waals surface area contributed by atoms with E-state index in [1.165, 1.54) is 11.0 Å². The fraction of sp³-hybridized carbons (Fsp3) is 0.444. The van der Waals surface area contributed by atoms with Crippen molar-refractivity contribution in [1.29, 1.82) is 5.41 Å². The third kappa shape index (κ3) is 5.43. The molecule has 9 nitrogen and oxygen atoms in total. The number of ether oxygens (including phenoxy) is 4. The zero-order valence-corrected chi connectivity index (χ0v) is 23.6. The van der Waals surface area contributed by atoms with Crippen LogP contribution in [0.1, 0.15) is 56.1 Å². The van der Waals surface area contributed by atoms with Gasteiger partial charge in [0.05, 0.1) is 25.3 Å². The Kier molecular flexibility index (Phi) is 8.60. The van der Waals surface area contributed by atoms with E-state index in [2.05, 4.69) is 0 Å². The molecule has 0 saturated carbocycles. The number of amidine groups is 1. The number of ketones is 1. The van der Waals surface area contributed by atoms with Gasteiger partial charge in [-0.25, -0.2) is 9.18 Å². The second-order valence-corrected chi connectivity index (χ2v) is 9.99. The van der Waals surface area contributed by atoms with E-state index in [-0.39, 0.29) is 76.7 Å². The van der Waals surface area contributed by atoms with Gasteiger partial charge in [0.25, 0.3) is 0 Å². The molecular weight excluding hydrogens is 563 g/mol. The van der Waals surface area contributed by atoms with Crippen molar-refractivity contribution in [3.63, 3.8) is 0 Å². The molecule has 0 fully saturated rings. The van der Waals surface area contributed by atoms with Gasteiger partial charge in [-0.15, -0.1) is 17.0 Å². The van der Waals surface area contributed by atoms with Gasteiger partial charge >= 0.3 is 5.97 Å². The van der Waals surface area contributed by atoms with Crippen LogP contribution in [-0.4, -0.2) is 59.6 Å². The number of rotatable bonds is 8. The van der Waals surface area contributed by atoms with Crippen LogP contribution in [0.15, 0.2) is 24.3 Å². The molecule has 2 aliphatic heterocycles. The SMILES string of the molecule is Br.CCOc1cc2c(c(F)c1OCC)C(=N)N(CC(=O)c1ccc3c(c1)OC(C(=O)O)C(C(C)(C)C)O3)C2. The van der Waals surface area contributed by atoms with Gasteiger partial charge in [0.2, 0.25) is 6.10 Å². The van der Waals surface area contributed by atoms with Crippen LogP contribution in [0.5, 0.6) is 23.0 Å². The lowest BCUT2D eigenvalue weighted by molar-refractivity contribution is -0.156. The maximum atomic E-state index is 15.3. The molecule has 0 bridgehead atoms. The highest BCUT2D eigenvalue weighted by atomic mass is 79.9. The molecule has 4 rings (SSSR count). The van der Waals surface area contributed by atoms with Crippen LogP contribution in [0, 0.1) is 16.6 Å². The first-order valence-electron chi connectivity index (χ1n) is 12.1. The molecule has 0 amide bonds. The Morgan fingerprint density at radius 2 is 1.82 bits per heavy atom. The number of nitrogens with zero attached hydrogens (tertiary/aromatic N) is 1. The Balaban J connectivity index is 0.00000400. The van der Waals surface area contributed by atoms with E-state index in [4.69, 9.17) is 24.4 Å². The molecule has 206 valence electrons. The third-order valence-corrected chi connectivity index (χ3v) is 6.25. The van der Waals surface area contributed by atoms with Gasteiger partial charge in [-0.3, -0.25) is 10.2 Å². The van der Waals surface area contributed by atoms with Crippen LogP contribution in [0.4, 0.5) is 4.39 Å². The second kappa shape index (κ2) is 11.2. The number of aliphatic carboxylic acids is 1. The zero-order chi connectivity index (χ0) is 27.1. The summed E-state index contributed by atoms with van der Waals surface area (Å²) in [4.78, 5) is 26.4. The summed E-state index contributed by atoms with van der Waals surface area (Å²) < 4.78 is 38.0. The minimum Gasteiger partial charge on any atom is -0.490 e. The summed E-state index contributed by atoms with van der Waals surface area (Å²) in [6.07, 6.45) is -1.96. The lowest BCUT2D eigenvalue weighted by Gasteiger charge is -2.39. The lowest BCUT2D eigenvalue weighted by atomic mass is 9.85. The quantitative estimate of drug-likeness (QED) is 0.416. The Morgan fingerprint density at radius 1 is 1.13 bits per heavy atom. The average molecular weight is 595 g/mol. The van der Waals surface area contributed by atoms with Crippen LogP contribution >= 0.6 is 17.0 Å². The van der Waals surface area contributed by atoms with Gasteiger partial charge in [-0.1, -0.05) is 20.8 Å². The monoisotopic (exact) mass is 594 g/mol. The van der Waals surface area contributed by atoms with Crippen molar-refractivity contribution in [2.24, 2.45) is 5.41 Å². The molecule has 0 spiro atoms. The van der Waals surface area contributed by atoms with Crippen LogP contribution in [0.3, 0.4) is 0 Å². The van der Waals surface area contributed by atoms with Gasteiger partial charge in [-0.05, 0) is 43.7 Å². The first kappa shape index (κ1) is 29.2. The highest BCUT2D eigenvalue weighted by Gasteiger charge is 2.44. The largest absolute Gasteiger partial charge is 0.490 e. The zero-order valence-electron chi connectivity index (χ0n) is 21.9. The Morgan fingerprint density at radius 3 is 2.42 bits per heavy atom. The molecule has 38 heavy (non-hydrogen) atoms. The summed E-state index contributed by atoms with van der Waals surface area (Å²) in [6, 6.07) is 6.24. The number of carboxylic acids is 1. The molecule has 0 aliphatic carbocycles. The molecule has 2 atom stereocenters. The number of hydrogen-bond acceptors (Lipinski definition) is 7. The van der Waals surface area contributed by atoms with E-state index in [0.717, 1.165) is 0 Å². The number of hydrogen-bond donors (Lipinski definition) is 2. The number of benzene rings is 2. The predicted octanol–water partition coefficient (Wildman–Crippen LogP) is 4.86. The van der Waals surface area contributed by atoms with Crippen molar-refractivity contribution in [2.45, 2.75) is 53.4 Å². The number of carbonyl (C=O) groups excluding carboxylic acids is 1. The fourth-order valence-electron chi connectivity index (χ4n) is 4.50. The van der Waals surface area contributed by atoms with Gasteiger partial charge < -0.3 is 29.0 Å². The number of nitrogens with one attached hydrogen (secondary N) is 1. The topological polar surface area (TPSA) is 118 Å². The maximum Gasteiger partial charge on any atom is 0.348 e. The van der Waals surface area contributed by atoms with Gasteiger partial charge in [0.15, 0.2) is 40.7 Å². The molecule has 0 radical (unpaired) electrons. The summed E-state index contributed by atoms with van der Waals surface area (Å²) in [7, 11) is 0. The van der Waals surface area contributed by atoms with Crippen LogP contribution < -0.4 is 18.9 Å². The minimum atomic E-state index is -1.24. The first-order valence-corrected chi connectivity index (χ1v) is 12.1. The van der Waals surface area contributed by atoms with Gasteiger partial charge in [0.1, 0.15) is 5.84 Å². The van der Waals surface area contributed by atoms with Crippen molar-refractivity contribution in [3.05, 3.63) is 46.8 Å². The van der Waals surface area contributed by atoms with E-state index in [9.17, 15) is 14.7 Å². The smallest absolute Gasteiger partial charge is 0.348 e. The van der Waals surface area contributed by atoms with Crippen molar-refractivity contribution in [1.82, 2.24) is 4.90 Å². The Labute approximate surface area is 231 Å². The van der Waals surface area contributed by atoms with Gasteiger partial charge in [0, 0.05) is 17.5 Å². The minimum absolute atomic E-state index is 0. The van der Waals surface area contributed by atoms with E-state index in [1.807, 2.05) is 20.8 Å². The molecule has 2 aromatic rings. The average Bonchev–Trinajstić information content (AvgIpc) is 3.14. The van der Waals surface area contributed by atoms with Crippen LogP contribution in [0.2, 0.25) is 0 Å². The van der Waals surface area contributed by atoms with Crippen molar-refractivity contribution < 1.29 is 38.0 Å². The molecule has 0 saturated heterocycles. The van der Waals surface area contributed by atoms with E-state index in [0.29, 0.717) is 17.9 Å². The number of halogens is 2. The highest BCUT2D eigenvalue weighted by molar-refractivity contribution is 8.93. The molecular formula is C27H32BrFN2O7. The molecule has 11 heteroatoms. The summed E-state index contributed by atoms with van der Waals surface area (Å²) >= 11 is 0. The first-order chi connectivity index (χ1) is 17.5. The summed E-state index contributed by atoms with van der Waals surface area (Å²) in [5.41, 5.74) is 0.371. The van der Waals surface area contributed by atoms with E-state index >= 15 is 4.39 Å². The number of fused-ring (bicyclic) bond motifs is 2. The summed E-state index contributed by atoms with van der Waals surface area (Å²) in [6.45, 7) is 9.61. The Hall–Kier alpha value is -3.34. The van der Waals surface area contributed by atoms with Crippen molar-refractivity contribution in [2.75, 3.05) is 19.8 Å². The van der Waals surface area contributed by atoms with Crippen molar-refractivity contribution >= 4 is 34.6 Å². The molecule has 2 aliphatic rings. The molecule has 2 heterocycles. The van der Waals surface area contributed by atoms with Gasteiger partial charge in [-0.2, -0.15) is 0 Å². The predicted molar refractivity (Wildman–Crippen MR) is 143 cm³/mol. The molecule has 2 N–H and O–H groups in total. The highest BCUT2D eigenvalue weighted by Crippen LogP contribution is 2.41. The van der Waals surface area contributed by atoms with Crippen molar-refractivity contribution in [3.8, 4) is 23.0 Å². The second-order valence-electron chi connectivity index (χ2n) is 9.99. The van der Waals surface area contributed by atoms with Crippen LogP contribution in [0.25, 0.3) is 0 Å². The number of carboxylic acid groups (broad SMARTS) is 1. The molecule has 2 unspecified atom stereocenters. The molecule has 0 aromatic heterocycles. The Bertz CT molecular complexity index is 1260. The number of Topliss-reactive ketones (excluding diaryl/α,β-unsaturated/α-hetero) is 1. The summed E-state index contributed by atoms with van der Waals surface area (Å²) in [5, 5.41) is 18.2. The lowest BCUT2D eigenvalue weighted by Crippen LogP contribution is -2.51. The number of carbonyl (C=O) groups is 2.